The Hall–Kier alpha value is -0.650. The Morgan fingerprint density at radius 3 is 2.35 bits per heavy atom. The first-order valence-electron chi connectivity index (χ1n) is 6.21. The van der Waals surface area contributed by atoms with E-state index in [1.165, 1.54) is 0 Å². The van der Waals surface area contributed by atoms with Crippen molar-refractivity contribution in [3.8, 4) is 0 Å². The van der Waals surface area contributed by atoms with E-state index in [4.69, 9.17) is 9.47 Å². The van der Waals surface area contributed by atoms with E-state index in [0.717, 1.165) is 6.54 Å². The van der Waals surface area contributed by atoms with Gasteiger partial charge in [0.15, 0.2) is 0 Å². The summed E-state index contributed by atoms with van der Waals surface area (Å²) >= 11 is 0. The summed E-state index contributed by atoms with van der Waals surface area (Å²) in [5.74, 6) is -0.0948. The fourth-order valence-electron chi connectivity index (χ4n) is 1.08. The number of rotatable bonds is 10. The lowest BCUT2D eigenvalue weighted by Gasteiger charge is -2.10. The molecule has 0 atom stereocenters. The zero-order valence-electron chi connectivity index (χ0n) is 11.4. The highest BCUT2D eigenvalue weighted by molar-refractivity contribution is 5.77. The van der Waals surface area contributed by atoms with Crippen molar-refractivity contribution in [1.29, 1.82) is 0 Å². The van der Waals surface area contributed by atoms with Gasteiger partial charge in [-0.2, -0.15) is 0 Å². The molecule has 5 nitrogen and oxygen atoms in total. The molecule has 102 valence electrons. The second kappa shape index (κ2) is 10.5. The van der Waals surface area contributed by atoms with Gasteiger partial charge in [0, 0.05) is 19.1 Å². The lowest BCUT2D eigenvalue weighted by atomic mass is 10.4. The first kappa shape index (κ1) is 16.4. The van der Waals surface area contributed by atoms with Crippen molar-refractivity contribution in [3.63, 3.8) is 0 Å². The van der Waals surface area contributed by atoms with Crippen LogP contribution in [-0.2, 0) is 14.3 Å². The largest absolute Gasteiger partial charge is 0.378 e. The van der Waals surface area contributed by atoms with Crippen LogP contribution in [0.2, 0.25) is 0 Å². The van der Waals surface area contributed by atoms with Crippen LogP contribution in [0, 0.1) is 0 Å². The molecule has 0 aromatic carbocycles. The van der Waals surface area contributed by atoms with Crippen molar-refractivity contribution >= 4 is 5.91 Å². The molecule has 0 rings (SSSR count). The summed E-state index contributed by atoms with van der Waals surface area (Å²) in [6.07, 6.45) is 0.0825. The highest BCUT2D eigenvalue weighted by Crippen LogP contribution is 1.86. The van der Waals surface area contributed by atoms with Crippen LogP contribution >= 0.6 is 0 Å². The quantitative estimate of drug-likeness (QED) is 0.552. The maximum Gasteiger partial charge on any atom is 0.246 e. The van der Waals surface area contributed by atoms with Gasteiger partial charge in [0.2, 0.25) is 5.91 Å². The Morgan fingerprint density at radius 1 is 1.12 bits per heavy atom. The molecular formula is C12H26N2O3. The predicted octanol–water partition coefficient (Wildman–Crippen LogP) is 0.542. The number of carbonyl (C=O) groups is 1. The number of ether oxygens (including phenoxy) is 2. The van der Waals surface area contributed by atoms with E-state index in [1.54, 1.807) is 0 Å². The second-order valence-corrected chi connectivity index (χ2v) is 4.43. The van der Waals surface area contributed by atoms with Gasteiger partial charge in [-0.1, -0.05) is 13.8 Å². The summed E-state index contributed by atoms with van der Waals surface area (Å²) in [5, 5.41) is 5.97. The molecular weight excluding hydrogens is 220 g/mol. The van der Waals surface area contributed by atoms with E-state index in [1.807, 2.05) is 13.8 Å². The van der Waals surface area contributed by atoms with Crippen LogP contribution in [0.3, 0.4) is 0 Å². The predicted molar refractivity (Wildman–Crippen MR) is 68.1 cm³/mol. The lowest BCUT2D eigenvalue weighted by Crippen LogP contribution is -2.32. The molecule has 0 aromatic heterocycles. The third-order valence-corrected chi connectivity index (χ3v) is 1.92. The summed E-state index contributed by atoms with van der Waals surface area (Å²) in [6, 6.07) is 0.478. The Labute approximate surface area is 104 Å². The SMILES string of the molecule is CC(C)NCCOCCNC(=O)COC(C)C. The van der Waals surface area contributed by atoms with Crippen molar-refractivity contribution < 1.29 is 14.3 Å². The van der Waals surface area contributed by atoms with Gasteiger partial charge >= 0.3 is 0 Å². The molecule has 0 aliphatic carbocycles. The number of carbonyl (C=O) groups excluding carboxylic acids is 1. The topological polar surface area (TPSA) is 59.6 Å². The molecule has 5 heteroatoms. The summed E-state index contributed by atoms with van der Waals surface area (Å²) < 4.78 is 10.5. The van der Waals surface area contributed by atoms with Gasteiger partial charge in [0.25, 0.3) is 0 Å². The maximum atomic E-state index is 11.2. The molecule has 0 aromatic rings. The molecule has 1 amide bonds. The molecule has 0 saturated carbocycles. The molecule has 0 spiro atoms. The maximum absolute atomic E-state index is 11.2. The summed E-state index contributed by atoms with van der Waals surface area (Å²) in [7, 11) is 0. The average molecular weight is 246 g/mol. The van der Waals surface area contributed by atoms with Gasteiger partial charge < -0.3 is 20.1 Å². The van der Waals surface area contributed by atoms with Crippen LogP contribution in [0.4, 0.5) is 0 Å². The fraction of sp³-hybridized carbons (Fsp3) is 0.917. The van der Waals surface area contributed by atoms with E-state index in [0.29, 0.717) is 25.8 Å². The zero-order valence-corrected chi connectivity index (χ0v) is 11.4. The Morgan fingerprint density at radius 2 is 1.76 bits per heavy atom. The van der Waals surface area contributed by atoms with Crippen molar-refractivity contribution in [1.82, 2.24) is 10.6 Å². The fourth-order valence-corrected chi connectivity index (χ4v) is 1.08. The highest BCUT2D eigenvalue weighted by atomic mass is 16.5. The Bertz CT molecular complexity index is 196. The van der Waals surface area contributed by atoms with E-state index >= 15 is 0 Å². The molecule has 17 heavy (non-hydrogen) atoms. The first-order valence-corrected chi connectivity index (χ1v) is 6.21. The van der Waals surface area contributed by atoms with Gasteiger partial charge in [0.05, 0.1) is 19.3 Å². The van der Waals surface area contributed by atoms with Gasteiger partial charge in [0.1, 0.15) is 6.61 Å². The van der Waals surface area contributed by atoms with Gasteiger partial charge in [-0.15, -0.1) is 0 Å². The smallest absolute Gasteiger partial charge is 0.246 e. The highest BCUT2D eigenvalue weighted by Gasteiger charge is 2.01. The Kier molecular flexibility index (Phi) is 10.1. The minimum absolute atomic E-state index is 0.0825. The molecule has 2 N–H and O–H groups in total. The first-order chi connectivity index (χ1) is 8.02. The minimum atomic E-state index is -0.0948. The summed E-state index contributed by atoms with van der Waals surface area (Å²) in [5.41, 5.74) is 0. The molecule has 0 aliphatic rings. The minimum Gasteiger partial charge on any atom is -0.378 e. The normalized spacial score (nSPS) is 11.2. The third-order valence-electron chi connectivity index (χ3n) is 1.92. The zero-order chi connectivity index (χ0) is 13.1. The van der Waals surface area contributed by atoms with Crippen LogP contribution in [0.5, 0.6) is 0 Å². The standard InChI is InChI=1S/C12H26N2O3/c1-10(2)13-5-7-16-8-6-14-12(15)9-17-11(3)4/h10-11,13H,5-9H2,1-4H3,(H,14,15). The van der Waals surface area contributed by atoms with Crippen LogP contribution in [0.15, 0.2) is 0 Å². The number of amides is 1. The number of hydrogen-bond donors (Lipinski definition) is 2. The molecule has 0 saturated heterocycles. The molecule has 0 aliphatic heterocycles. The Balaban J connectivity index is 3.19. The molecule has 0 heterocycles. The third kappa shape index (κ3) is 13.3. The summed E-state index contributed by atoms with van der Waals surface area (Å²) in [6.45, 7) is 10.7. The van der Waals surface area contributed by atoms with Crippen LogP contribution < -0.4 is 10.6 Å². The van der Waals surface area contributed by atoms with E-state index < -0.39 is 0 Å². The number of nitrogens with one attached hydrogen (secondary N) is 2. The number of hydrogen-bond acceptors (Lipinski definition) is 4. The summed E-state index contributed by atoms with van der Waals surface area (Å²) in [4.78, 5) is 11.2. The van der Waals surface area contributed by atoms with Crippen LogP contribution in [-0.4, -0.2) is 51.0 Å². The van der Waals surface area contributed by atoms with Gasteiger partial charge in [-0.3, -0.25) is 4.79 Å². The average Bonchev–Trinajstić information content (AvgIpc) is 2.24. The van der Waals surface area contributed by atoms with Crippen LogP contribution in [0.1, 0.15) is 27.7 Å². The van der Waals surface area contributed by atoms with Crippen molar-refractivity contribution in [2.75, 3.05) is 32.9 Å². The monoisotopic (exact) mass is 246 g/mol. The van der Waals surface area contributed by atoms with E-state index in [2.05, 4.69) is 24.5 Å². The molecule has 0 unspecified atom stereocenters. The van der Waals surface area contributed by atoms with Crippen molar-refractivity contribution in [2.45, 2.75) is 39.8 Å². The van der Waals surface area contributed by atoms with Crippen molar-refractivity contribution in [2.24, 2.45) is 0 Å². The van der Waals surface area contributed by atoms with Crippen molar-refractivity contribution in [3.05, 3.63) is 0 Å². The van der Waals surface area contributed by atoms with E-state index in [9.17, 15) is 4.79 Å². The van der Waals surface area contributed by atoms with E-state index in [-0.39, 0.29) is 18.6 Å². The van der Waals surface area contributed by atoms with Gasteiger partial charge in [-0.25, -0.2) is 0 Å². The van der Waals surface area contributed by atoms with Crippen LogP contribution in [0.25, 0.3) is 0 Å². The second-order valence-electron chi connectivity index (χ2n) is 4.43. The molecule has 0 fully saturated rings. The molecule has 0 bridgehead atoms. The van der Waals surface area contributed by atoms with Gasteiger partial charge in [-0.05, 0) is 13.8 Å². The molecule has 0 radical (unpaired) electrons. The lowest BCUT2D eigenvalue weighted by molar-refractivity contribution is -0.127.